The lowest BCUT2D eigenvalue weighted by Crippen LogP contribution is -2.36. The lowest BCUT2D eigenvalue weighted by Gasteiger charge is -2.14. The molecule has 1 aromatic carbocycles. The Morgan fingerprint density at radius 1 is 1.21 bits per heavy atom. The van der Waals surface area contributed by atoms with Gasteiger partial charge in [0.15, 0.2) is 23.2 Å². The highest BCUT2D eigenvalue weighted by Gasteiger charge is 2.20. The summed E-state index contributed by atoms with van der Waals surface area (Å²) in [5.74, 6) is 1.99. The largest absolute Gasteiger partial charge is 0.454 e. The number of hydrogen-bond donors (Lipinski definition) is 2. The number of guanidine groups is 1. The van der Waals surface area contributed by atoms with Crippen molar-refractivity contribution in [3.63, 3.8) is 0 Å². The number of nitrogens with one attached hydrogen (secondary N) is 2. The van der Waals surface area contributed by atoms with E-state index in [9.17, 15) is 8.78 Å². The van der Waals surface area contributed by atoms with Crippen LogP contribution in [0, 0.1) is 0 Å². The van der Waals surface area contributed by atoms with Crippen molar-refractivity contribution in [1.29, 1.82) is 0 Å². The van der Waals surface area contributed by atoms with E-state index >= 15 is 0 Å². The normalized spacial score (nSPS) is 12.7. The topological polar surface area (TPSA) is 90.1 Å². The number of halogens is 3. The van der Waals surface area contributed by atoms with E-state index < -0.39 is 6.61 Å². The maximum absolute atomic E-state index is 12.7. The maximum atomic E-state index is 12.7. The van der Waals surface area contributed by atoms with E-state index in [1.807, 2.05) is 13.0 Å². The molecule has 0 radical (unpaired) electrons. The fraction of sp³-hybridized carbons (Fsp3) is 0.412. The first kappa shape index (κ1) is 22.0. The van der Waals surface area contributed by atoms with E-state index in [-0.39, 0.29) is 43.1 Å². The predicted octanol–water partition coefficient (Wildman–Crippen LogP) is 3.05. The van der Waals surface area contributed by atoms with Gasteiger partial charge in [-0.05, 0) is 12.5 Å². The van der Waals surface area contributed by atoms with E-state index in [0.717, 1.165) is 12.1 Å². The molecule has 0 amide bonds. The van der Waals surface area contributed by atoms with E-state index in [4.69, 9.17) is 14.0 Å². The number of rotatable bonds is 7. The van der Waals surface area contributed by atoms with Gasteiger partial charge < -0.3 is 29.4 Å². The highest BCUT2D eigenvalue weighted by molar-refractivity contribution is 14.0. The van der Waals surface area contributed by atoms with Crippen molar-refractivity contribution in [2.24, 2.45) is 4.99 Å². The Morgan fingerprint density at radius 2 is 1.93 bits per heavy atom. The molecule has 1 aliphatic rings. The number of nitrogens with zero attached hydrogens (tertiary/aromatic N) is 2. The summed E-state index contributed by atoms with van der Waals surface area (Å²) in [6.07, 6.45) is 0.785. The SMILES string of the molecule is CCc1cc(CNC(=NC)NCc2cc3c(cc2OC(F)F)OCO3)on1.I. The van der Waals surface area contributed by atoms with Crippen molar-refractivity contribution in [2.75, 3.05) is 13.8 Å². The summed E-state index contributed by atoms with van der Waals surface area (Å²) >= 11 is 0. The quantitative estimate of drug-likeness (QED) is 0.336. The number of benzene rings is 1. The molecular weight excluding hydrogens is 489 g/mol. The van der Waals surface area contributed by atoms with Gasteiger partial charge in [-0.3, -0.25) is 4.99 Å². The molecule has 2 aromatic rings. The van der Waals surface area contributed by atoms with Crippen molar-refractivity contribution in [1.82, 2.24) is 15.8 Å². The first-order valence-corrected chi connectivity index (χ1v) is 8.35. The summed E-state index contributed by atoms with van der Waals surface area (Å²) in [5, 5.41) is 10.0. The fourth-order valence-corrected chi connectivity index (χ4v) is 2.49. The van der Waals surface area contributed by atoms with E-state index in [1.54, 1.807) is 13.1 Å². The molecule has 0 saturated carbocycles. The Balaban J connectivity index is 0.00000280. The van der Waals surface area contributed by atoms with Crippen LogP contribution in [0.15, 0.2) is 27.7 Å². The Bertz CT molecular complexity index is 816. The minimum atomic E-state index is -2.94. The zero-order chi connectivity index (χ0) is 19.2. The van der Waals surface area contributed by atoms with E-state index in [0.29, 0.717) is 35.3 Å². The van der Waals surface area contributed by atoms with Gasteiger partial charge in [-0.2, -0.15) is 8.78 Å². The zero-order valence-electron chi connectivity index (χ0n) is 15.3. The Labute approximate surface area is 177 Å². The van der Waals surface area contributed by atoms with Crippen LogP contribution in [0.4, 0.5) is 8.78 Å². The smallest absolute Gasteiger partial charge is 0.387 e. The average molecular weight is 510 g/mol. The van der Waals surface area contributed by atoms with Crippen LogP contribution < -0.4 is 24.8 Å². The van der Waals surface area contributed by atoms with Crippen LogP contribution in [-0.2, 0) is 19.5 Å². The molecule has 28 heavy (non-hydrogen) atoms. The summed E-state index contributed by atoms with van der Waals surface area (Å²) in [7, 11) is 1.60. The summed E-state index contributed by atoms with van der Waals surface area (Å²) in [6, 6.07) is 4.85. The Hall–Kier alpha value is -2.31. The van der Waals surface area contributed by atoms with Gasteiger partial charge >= 0.3 is 6.61 Å². The molecule has 154 valence electrons. The monoisotopic (exact) mass is 510 g/mol. The summed E-state index contributed by atoms with van der Waals surface area (Å²) in [5.41, 5.74) is 1.35. The lowest BCUT2D eigenvalue weighted by atomic mass is 10.1. The molecular formula is C17H21F2IN4O4. The molecule has 0 aliphatic carbocycles. The van der Waals surface area contributed by atoms with Crippen LogP contribution in [0.3, 0.4) is 0 Å². The second kappa shape index (κ2) is 10.3. The number of alkyl halides is 2. The molecule has 1 aromatic heterocycles. The van der Waals surface area contributed by atoms with Crippen molar-refractivity contribution in [3.8, 4) is 17.2 Å². The number of hydrogen-bond acceptors (Lipinski definition) is 6. The molecule has 0 unspecified atom stereocenters. The summed E-state index contributed by atoms with van der Waals surface area (Å²) in [4.78, 5) is 4.10. The van der Waals surface area contributed by atoms with Crippen LogP contribution in [0.1, 0.15) is 23.9 Å². The molecule has 0 spiro atoms. The lowest BCUT2D eigenvalue weighted by molar-refractivity contribution is -0.0505. The van der Waals surface area contributed by atoms with Crippen LogP contribution in [0.25, 0.3) is 0 Å². The molecule has 0 saturated heterocycles. The van der Waals surface area contributed by atoms with Crippen molar-refractivity contribution in [2.45, 2.75) is 33.0 Å². The van der Waals surface area contributed by atoms with Crippen LogP contribution in [0.5, 0.6) is 17.2 Å². The number of aromatic nitrogens is 1. The number of fused-ring (bicyclic) bond motifs is 1. The molecule has 0 fully saturated rings. The van der Waals surface area contributed by atoms with Crippen molar-refractivity contribution in [3.05, 3.63) is 35.2 Å². The highest BCUT2D eigenvalue weighted by Crippen LogP contribution is 2.38. The standard InChI is InChI=1S/C17H20F2N4O4.HI/c1-3-11-5-12(27-23-11)8-22-17(20-2)21-7-10-4-14-15(25-9-24-14)6-13(10)26-16(18)19;/h4-6,16H,3,7-9H2,1-2H3,(H2,20,21,22);1H. The van der Waals surface area contributed by atoms with Gasteiger partial charge in [-0.15, -0.1) is 24.0 Å². The predicted molar refractivity (Wildman–Crippen MR) is 108 cm³/mol. The number of ether oxygens (including phenoxy) is 3. The first-order chi connectivity index (χ1) is 13.1. The van der Waals surface area contributed by atoms with Crippen LogP contribution in [-0.4, -0.2) is 31.6 Å². The van der Waals surface area contributed by atoms with Crippen LogP contribution >= 0.6 is 24.0 Å². The number of aliphatic imine (C=N–C) groups is 1. The second-order valence-electron chi connectivity index (χ2n) is 5.61. The third-order valence-corrected chi connectivity index (χ3v) is 3.84. The minimum absolute atomic E-state index is 0. The highest BCUT2D eigenvalue weighted by atomic mass is 127. The van der Waals surface area contributed by atoms with Gasteiger partial charge in [-0.25, -0.2) is 0 Å². The van der Waals surface area contributed by atoms with Gasteiger partial charge in [0.2, 0.25) is 6.79 Å². The molecule has 8 nitrogen and oxygen atoms in total. The maximum Gasteiger partial charge on any atom is 0.387 e. The third-order valence-electron chi connectivity index (χ3n) is 3.84. The van der Waals surface area contributed by atoms with E-state index in [2.05, 4.69) is 25.5 Å². The van der Waals surface area contributed by atoms with Gasteiger partial charge in [0.25, 0.3) is 0 Å². The van der Waals surface area contributed by atoms with Gasteiger partial charge in [0.05, 0.1) is 12.2 Å². The van der Waals surface area contributed by atoms with Gasteiger partial charge in [0.1, 0.15) is 5.75 Å². The molecule has 11 heteroatoms. The molecule has 0 bridgehead atoms. The zero-order valence-corrected chi connectivity index (χ0v) is 17.7. The van der Waals surface area contributed by atoms with Crippen LogP contribution in [0.2, 0.25) is 0 Å². The fourth-order valence-electron chi connectivity index (χ4n) is 2.49. The van der Waals surface area contributed by atoms with Gasteiger partial charge in [-0.1, -0.05) is 12.1 Å². The molecule has 1 aliphatic heterocycles. The Morgan fingerprint density at radius 3 is 2.57 bits per heavy atom. The average Bonchev–Trinajstić information content (AvgIpc) is 3.29. The summed E-state index contributed by atoms with van der Waals surface area (Å²) in [6.45, 7) is -0.343. The van der Waals surface area contributed by atoms with E-state index in [1.165, 1.54) is 6.07 Å². The molecule has 0 atom stereocenters. The Kier molecular flexibility index (Phi) is 8.08. The minimum Gasteiger partial charge on any atom is -0.454 e. The third kappa shape index (κ3) is 5.59. The molecule has 2 heterocycles. The first-order valence-electron chi connectivity index (χ1n) is 8.35. The van der Waals surface area contributed by atoms with Gasteiger partial charge in [0, 0.05) is 31.3 Å². The van der Waals surface area contributed by atoms with Crippen molar-refractivity contribution >= 4 is 29.9 Å². The summed E-state index contributed by atoms with van der Waals surface area (Å²) < 4.78 is 45.7. The molecule has 2 N–H and O–H groups in total. The second-order valence-corrected chi connectivity index (χ2v) is 5.61. The van der Waals surface area contributed by atoms with Crippen molar-refractivity contribution < 1.29 is 27.5 Å². The number of aryl methyl sites for hydroxylation is 1. The molecule has 3 rings (SSSR count).